The summed E-state index contributed by atoms with van der Waals surface area (Å²) in [4.78, 5) is 161. The molecule has 4 aromatic carbocycles. The number of nitrogens with zero attached hydrogens (tertiary/aromatic N) is 1. The van der Waals surface area contributed by atoms with E-state index in [4.69, 9.17) is 34.4 Å². The summed E-state index contributed by atoms with van der Waals surface area (Å²) in [7, 11) is 0. The number of guanidine groups is 1. The van der Waals surface area contributed by atoms with Crippen LogP contribution in [-0.2, 0) is 73.6 Å². The third-order valence-corrected chi connectivity index (χ3v) is 18.8. The molecule has 31 nitrogen and oxygen atoms in total. The second-order valence-corrected chi connectivity index (χ2v) is 26.5. The number of fused-ring (bicyclic) bond motifs is 4. The molecular formula is C74H100N20O11. The maximum absolute atomic E-state index is 15.0. The van der Waals surface area contributed by atoms with Crippen molar-refractivity contribution in [2.24, 2.45) is 45.3 Å². The van der Waals surface area contributed by atoms with Gasteiger partial charge in [-0.2, -0.15) is 0 Å². The third-order valence-electron chi connectivity index (χ3n) is 18.8. The summed E-state index contributed by atoms with van der Waals surface area (Å²) >= 11 is 0. The third kappa shape index (κ3) is 22.2. The largest absolute Gasteiger partial charge is 0.391 e. The molecule has 0 spiro atoms. The molecule has 8 rings (SSSR count). The fraction of sp³-hybridized carbons (Fsp3) is 0.419. The van der Waals surface area contributed by atoms with Gasteiger partial charge in [0.1, 0.15) is 54.4 Å². The SMILES string of the molecule is CC[C@H](C)[C@H](NC(=O)[C@H](CCCN=C(N)N)NC(=O)[C@H](CCCCN)NC(=O)[C@H](Cc1c[nH]c2ccccc12)NC(=O)[C@H](Cc1c[nH]c2ccccc12)NC(=O)CN)C(=O)N[C@@H](CCCCN)C(=O)N[C@H](C(=O)N[C@@H](Cc1c[nH]c2ccccc12)C(=O)N[C@@H](Cc1c[nH]c2ccccc12)C(N)=O)[C@@H](C)O. The molecule has 0 aliphatic rings. The van der Waals surface area contributed by atoms with Gasteiger partial charge in [0.2, 0.25) is 59.1 Å². The molecule has 0 saturated carbocycles. The van der Waals surface area contributed by atoms with Crippen LogP contribution in [0.4, 0.5) is 0 Å². The van der Waals surface area contributed by atoms with Gasteiger partial charge in [-0.15, -0.1) is 0 Å². The predicted molar refractivity (Wildman–Crippen MR) is 400 cm³/mol. The van der Waals surface area contributed by atoms with Crippen LogP contribution >= 0.6 is 0 Å². The lowest BCUT2D eigenvalue weighted by Gasteiger charge is -2.30. The van der Waals surface area contributed by atoms with E-state index in [1.165, 1.54) is 6.92 Å². The van der Waals surface area contributed by atoms with Crippen molar-refractivity contribution in [2.45, 2.75) is 165 Å². The second-order valence-electron chi connectivity index (χ2n) is 26.5. The molecule has 0 saturated heterocycles. The first-order valence-corrected chi connectivity index (χ1v) is 35.6. The van der Waals surface area contributed by atoms with Gasteiger partial charge in [0.25, 0.3) is 0 Å². The Labute approximate surface area is 607 Å². The van der Waals surface area contributed by atoms with E-state index in [-0.39, 0.29) is 83.4 Å². The van der Waals surface area contributed by atoms with E-state index < -0.39 is 132 Å². The number of aromatic amines is 4. The van der Waals surface area contributed by atoms with Gasteiger partial charge in [-0.25, -0.2) is 0 Å². The number of nitrogens with one attached hydrogen (secondary N) is 13. The van der Waals surface area contributed by atoms with Gasteiger partial charge in [0, 0.05) is 101 Å². The van der Waals surface area contributed by atoms with Gasteiger partial charge in [0.05, 0.1) is 12.6 Å². The zero-order chi connectivity index (χ0) is 75.7. The standard InChI is InChI=1S/C74H100N20O11/c1-4-41(2)63(72(104)89-56(27-14-16-30-76)68(100)94-64(42(3)95)73(105)92-61(35-46-40-85-54-25-12-8-21-50(46)54)71(103)90-58(65(78)97)32-43-37-82-51-22-9-5-18-47(43)51)93-67(99)57(28-17-31-81-74(79)80)87-66(98)55(26-13-15-29-75)88-70(102)60(34-45-39-84-53-24-11-7-20-49(45)53)91-69(101)59(86-62(96)36-77)33-44-38-83-52-23-10-6-19-48(44)52/h5-12,18-25,37-42,55-61,63-64,82-85,95H,4,13-17,26-36,75-77H2,1-3H3,(H2,78,97)(H,86,96)(H,87,98)(H,88,102)(H,89,104)(H,90,103)(H,91,101)(H,92,105)(H,93,99)(H,94,100)(H4,79,80,81)/t41-,42+,55-,56-,57-,58-,59-,60-,61-,63-,64-/m0/s1. The summed E-state index contributed by atoms with van der Waals surface area (Å²) in [5.41, 5.74) is 40.5. The van der Waals surface area contributed by atoms with Crippen molar-refractivity contribution in [3.63, 3.8) is 0 Å². The molecule has 0 bridgehead atoms. The number of carbonyl (C=O) groups excluding carboxylic acids is 10. The Hall–Kier alpha value is -11.2. The number of H-pyrrole nitrogens is 4. The molecule has 26 N–H and O–H groups in total. The van der Waals surface area contributed by atoms with E-state index in [1.807, 2.05) is 91.0 Å². The quantitative estimate of drug-likeness (QED) is 0.0140. The number of amides is 10. The van der Waals surface area contributed by atoms with Crippen LogP contribution in [0.5, 0.6) is 0 Å². The number of nitrogens with two attached hydrogens (primary N) is 6. The van der Waals surface area contributed by atoms with E-state index in [0.29, 0.717) is 47.9 Å². The zero-order valence-corrected chi connectivity index (χ0v) is 59.4. The average Bonchev–Trinajstić information content (AvgIpc) is 1.72. The van der Waals surface area contributed by atoms with Crippen LogP contribution in [0, 0.1) is 5.92 Å². The minimum absolute atomic E-state index is 0.00334. The number of aliphatic imine (C=N–C) groups is 1. The minimum Gasteiger partial charge on any atom is -0.391 e. The molecule has 0 radical (unpaired) electrons. The molecule has 562 valence electrons. The molecule has 8 aromatic rings. The van der Waals surface area contributed by atoms with Crippen LogP contribution in [0.2, 0.25) is 0 Å². The average molecular weight is 1450 g/mol. The highest BCUT2D eigenvalue weighted by atomic mass is 16.3. The number of primary amides is 1. The van der Waals surface area contributed by atoms with Crippen molar-refractivity contribution in [1.29, 1.82) is 0 Å². The Morgan fingerprint density at radius 3 is 1.09 bits per heavy atom. The highest BCUT2D eigenvalue weighted by molar-refractivity contribution is 6.00. The summed E-state index contributed by atoms with van der Waals surface area (Å²) in [6, 6.07) is 16.9. The summed E-state index contributed by atoms with van der Waals surface area (Å²) < 4.78 is 0. The van der Waals surface area contributed by atoms with Crippen LogP contribution in [0.15, 0.2) is 127 Å². The second kappa shape index (κ2) is 38.9. The number of para-hydroxylation sites is 4. The summed E-state index contributed by atoms with van der Waals surface area (Å²) in [6.45, 7) is 4.75. The normalized spacial score (nSPS) is 14.6. The molecule has 0 fully saturated rings. The van der Waals surface area contributed by atoms with E-state index >= 15 is 4.79 Å². The van der Waals surface area contributed by atoms with Crippen molar-refractivity contribution in [2.75, 3.05) is 26.2 Å². The Kier molecular flexibility index (Phi) is 29.5. The Morgan fingerprint density at radius 1 is 0.400 bits per heavy atom. The Balaban J connectivity index is 1.01. The van der Waals surface area contributed by atoms with Gasteiger partial charge in [-0.3, -0.25) is 52.9 Å². The number of unbranched alkanes of at least 4 members (excludes halogenated alkanes) is 2. The van der Waals surface area contributed by atoms with Crippen LogP contribution in [-0.4, -0.2) is 177 Å². The van der Waals surface area contributed by atoms with Gasteiger partial charge in [-0.1, -0.05) is 93.1 Å². The van der Waals surface area contributed by atoms with E-state index in [9.17, 15) is 48.3 Å². The van der Waals surface area contributed by atoms with Crippen molar-refractivity contribution < 1.29 is 53.1 Å². The van der Waals surface area contributed by atoms with Crippen molar-refractivity contribution >= 4 is 109 Å². The van der Waals surface area contributed by atoms with Crippen LogP contribution in [0.1, 0.15) is 101 Å². The highest BCUT2D eigenvalue weighted by Crippen LogP contribution is 2.25. The lowest BCUT2D eigenvalue weighted by atomic mass is 9.96. The minimum atomic E-state index is -1.74. The Bertz CT molecular complexity index is 4330. The van der Waals surface area contributed by atoms with Crippen molar-refractivity contribution in [3.05, 3.63) is 144 Å². The fourth-order valence-corrected chi connectivity index (χ4v) is 12.7. The summed E-state index contributed by atoms with van der Waals surface area (Å²) in [5, 5.41) is 39.2. The van der Waals surface area contributed by atoms with Crippen LogP contribution < -0.4 is 82.3 Å². The first-order valence-electron chi connectivity index (χ1n) is 35.6. The molecule has 10 amide bonds. The first-order chi connectivity index (χ1) is 50.5. The Morgan fingerprint density at radius 2 is 0.714 bits per heavy atom. The van der Waals surface area contributed by atoms with E-state index in [2.05, 4.69) is 72.8 Å². The number of benzene rings is 4. The lowest BCUT2D eigenvalue weighted by Crippen LogP contribution is -2.62. The van der Waals surface area contributed by atoms with E-state index in [1.54, 1.807) is 44.7 Å². The zero-order valence-electron chi connectivity index (χ0n) is 59.4. The molecule has 4 heterocycles. The molecule has 11 atom stereocenters. The van der Waals surface area contributed by atoms with E-state index in [0.717, 1.165) is 43.6 Å². The van der Waals surface area contributed by atoms with Crippen LogP contribution in [0.25, 0.3) is 43.6 Å². The maximum atomic E-state index is 15.0. The lowest BCUT2D eigenvalue weighted by molar-refractivity contribution is -0.137. The summed E-state index contributed by atoms with van der Waals surface area (Å²) in [5.74, 6) is -9.04. The van der Waals surface area contributed by atoms with Gasteiger partial charge in [0.15, 0.2) is 5.96 Å². The van der Waals surface area contributed by atoms with Gasteiger partial charge < -0.3 is 107 Å². The molecule has 0 aliphatic carbocycles. The van der Waals surface area contributed by atoms with Gasteiger partial charge in [-0.05, 0) is 124 Å². The molecule has 4 aromatic heterocycles. The molecule has 0 unspecified atom stereocenters. The molecule has 0 aliphatic heterocycles. The summed E-state index contributed by atoms with van der Waals surface area (Å²) in [6.07, 6.45) is 6.74. The highest BCUT2D eigenvalue weighted by Gasteiger charge is 2.38. The predicted octanol–water partition coefficient (Wildman–Crippen LogP) is 0.428. The monoisotopic (exact) mass is 1440 g/mol. The number of hydrogen-bond donors (Lipinski definition) is 20. The number of aliphatic hydroxyl groups is 1. The molecule has 105 heavy (non-hydrogen) atoms. The smallest absolute Gasteiger partial charge is 0.245 e. The maximum Gasteiger partial charge on any atom is 0.245 e. The number of rotatable bonds is 42. The molecule has 31 heteroatoms. The van der Waals surface area contributed by atoms with Crippen LogP contribution in [0.3, 0.4) is 0 Å². The number of hydrogen-bond acceptors (Lipinski definition) is 15. The fourth-order valence-electron chi connectivity index (χ4n) is 12.7. The van der Waals surface area contributed by atoms with Crippen molar-refractivity contribution in [3.8, 4) is 0 Å². The number of carbonyl (C=O) groups is 10. The molecular weight excluding hydrogens is 1340 g/mol. The van der Waals surface area contributed by atoms with Gasteiger partial charge >= 0.3 is 0 Å². The number of aliphatic hydroxyl groups excluding tert-OH is 1. The van der Waals surface area contributed by atoms with Crippen molar-refractivity contribution in [1.82, 2.24) is 67.8 Å². The topological polar surface area (TPSA) is 531 Å². The first kappa shape index (κ1) is 79.6. The number of aromatic nitrogens is 4.